The van der Waals surface area contributed by atoms with Crippen molar-refractivity contribution < 1.29 is 35.9 Å². The van der Waals surface area contributed by atoms with E-state index in [2.05, 4.69) is 4.98 Å². The Morgan fingerprint density at radius 3 is 2.71 bits per heavy atom. The van der Waals surface area contributed by atoms with Crippen molar-refractivity contribution in [1.82, 2.24) is 10.3 Å². The first-order valence-electron chi connectivity index (χ1n) is 16.8. The number of aliphatic hydroxyl groups is 1. The van der Waals surface area contributed by atoms with E-state index in [0.717, 1.165) is 0 Å². The first-order chi connectivity index (χ1) is 21.1. The fraction of sp³-hybridized carbons (Fsp3) is 0.238. The third-order valence-corrected chi connectivity index (χ3v) is 3.33. The number of carbonyl (C=O) groups excluding carboxylic acids is 1. The Morgan fingerprint density at radius 1 is 1.29 bits per heavy atom. The lowest BCUT2D eigenvalue weighted by molar-refractivity contribution is -0.115. The van der Waals surface area contributed by atoms with Gasteiger partial charge < -0.3 is 21.5 Å². The molecule has 0 bridgehead atoms. The maximum Gasteiger partial charge on any atom is 0.230 e. The zero-order valence-corrected chi connectivity index (χ0v) is 14.6. The zero-order valence-electron chi connectivity index (χ0n) is 32.8. The van der Waals surface area contributed by atoms with Gasteiger partial charge >= 0.3 is 0 Å². The largest absolute Gasteiger partial charge is 0.387 e. The lowest BCUT2D eigenvalue weighted by atomic mass is 10.1. The van der Waals surface area contributed by atoms with Crippen molar-refractivity contribution in [1.29, 1.82) is 0 Å². The number of anilines is 2. The molecule has 1 amide bonds. The minimum absolute atomic E-state index is 0.248. The van der Waals surface area contributed by atoms with Crippen molar-refractivity contribution in [2.24, 2.45) is 0 Å². The molecule has 5 N–H and O–H groups in total. The Morgan fingerprint density at radius 2 is 2.04 bits per heavy atom. The fourth-order valence-corrected chi connectivity index (χ4v) is 2.05. The molecule has 0 aliphatic carbocycles. The number of nitrogen functional groups attached to an aromatic ring is 1. The molecule has 0 spiro atoms. The highest BCUT2D eigenvalue weighted by molar-refractivity contribution is 7.13. The maximum atomic E-state index is 12.8. The average molecular weight is 416 g/mol. The lowest BCUT2D eigenvalue weighted by Gasteiger charge is -2.12. The van der Waals surface area contributed by atoms with Crippen LogP contribution >= 0.6 is 11.3 Å². The number of benzene rings is 2. The molecule has 28 heavy (non-hydrogen) atoms. The van der Waals surface area contributed by atoms with Crippen molar-refractivity contribution in [3.63, 3.8) is 0 Å². The van der Waals surface area contributed by atoms with Gasteiger partial charge in [-0.05, 0) is 36.1 Å². The van der Waals surface area contributed by atoms with E-state index >= 15 is 0 Å². The van der Waals surface area contributed by atoms with E-state index < -0.39 is 120 Å². The number of rotatable bonds is 9. The van der Waals surface area contributed by atoms with Gasteiger partial charge in [-0.15, -0.1) is 11.3 Å². The van der Waals surface area contributed by atoms with Crippen molar-refractivity contribution in [2.75, 3.05) is 24.0 Å². The summed E-state index contributed by atoms with van der Waals surface area (Å²) in [6.45, 7) is -7.74. The molecule has 3 aromatic rings. The summed E-state index contributed by atoms with van der Waals surface area (Å²) in [5, 5.41) is 13.3. The number of hydrogen-bond acceptors (Lipinski definition) is 6. The number of amides is 1. The number of nitrogens with two attached hydrogens (primary N) is 1. The van der Waals surface area contributed by atoms with Gasteiger partial charge in [-0.25, -0.2) is 4.98 Å². The summed E-state index contributed by atoms with van der Waals surface area (Å²) in [5.41, 5.74) is 1.08. The van der Waals surface area contributed by atoms with Crippen LogP contribution in [0, 0.1) is 0 Å². The standard InChI is InChI=1S/C21H24N4O2S/c22-21-25-18(14-28-21)12-20(27)24-17-8-6-15(7-9-17)10-11-23-13-19(26)16-4-2-1-3-5-16/h1-9,14,19,23,26H,10-13H2,(H2,22,25)(H,24,27)/t19-/m0/s1/i1D,2D,3D,4D,5D,6D,7D,8D,9D,10D2,11D2,12D2,13D2,14D,19D. The molecule has 0 aliphatic heterocycles. The average Bonchev–Trinajstić information content (AvgIpc) is 3.29. The third kappa shape index (κ3) is 6.16. The second-order valence-electron chi connectivity index (χ2n) is 4.68. The highest BCUT2D eigenvalue weighted by atomic mass is 32.1. The molecule has 0 aliphatic rings. The molecule has 0 fully saturated rings. The summed E-state index contributed by atoms with van der Waals surface area (Å²) in [7, 11) is 0. The number of carbonyl (C=O) groups is 1. The highest BCUT2D eigenvalue weighted by Gasteiger charge is 2.08. The Balaban J connectivity index is 2.08. The fourth-order valence-electron chi connectivity index (χ4n) is 1.61. The van der Waals surface area contributed by atoms with Gasteiger partial charge in [0, 0.05) is 28.5 Å². The van der Waals surface area contributed by atoms with Crippen LogP contribution in [0.1, 0.15) is 48.9 Å². The van der Waals surface area contributed by atoms with Gasteiger partial charge in [0.15, 0.2) is 5.13 Å². The molecule has 7 heteroatoms. The van der Waals surface area contributed by atoms with Gasteiger partial charge in [0.05, 0.1) is 33.2 Å². The van der Waals surface area contributed by atoms with Gasteiger partial charge in [-0.1, -0.05) is 42.3 Å². The van der Waals surface area contributed by atoms with Crippen LogP contribution in [0.25, 0.3) is 0 Å². The second kappa shape index (κ2) is 9.98. The molecule has 6 nitrogen and oxygen atoms in total. The van der Waals surface area contributed by atoms with E-state index in [1.54, 1.807) is 0 Å². The Hall–Kier alpha value is -2.74. The van der Waals surface area contributed by atoms with Crippen LogP contribution in [0.3, 0.4) is 0 Å². The molecule has 2 aromatic carbocycles. The van der Waals surface area contributed by atoms with Crippen LogP contribution in [-0.4, -0.2) is 29.0 Å². The molecule has 1 aromatic heterocycles. The molecular weight excluding hydrogens is 372 g/mol. The SMILES string of the molecule is [2H]c1sc(N)nc1C([2H])([2H])C(=O)Nc1c([2H])c([2H])c(C([2H])([2H])C([2H])([2H])NC([2H])([2H])[C@]([2H])(O)c2c([2H])c([2H])c([2H])c([2H])c2[2H])c([2H])c1[2H]. The number of nitrogens with one attached hydrogen (secondary N) is 2. The molecule has 1 atom stereocenters. The topological polar surface area (TPSA) is 100 Å². The van der Waals surface area contributed by atoms with Crippen LogP contribution in [0.4, 0.5) is 10.8 Å². The molecule has 0 unspecified atom stereocenters. The zero-order chi connectivity index (χ0) is 36.6. The lowest BCUT2D eigenvalue weighted by Crippen LogP contribution is -2.23. The van der Waals surface area contributed by atoms with Crippen LogP contribution < -0.4 is 16.4 Å². The normalized spacial score (nSPS) is 24.8. The third-order valence-electron chi connectivity index (χ3n) is 2.74. The van der Waals surface area contributed by atoms with Gasteiger partial charge in [0.1, 0.15) is 0 Å². The van der Waals surface area contributed by atoms with Gasteiger partial charge in [0.2, 0.25) is 5.91 Å². The van der Waals surface area contributed by atoms with Crippen molar-refractivity contribution in [3.05, 3.63) is 76.6 Å². The molecule has 146 valence electrons. The smallest absolute Gasteiger partial charge is 0.230 e. The monoisotopic (exact) mass is 415 g/mol. The minimum atomic E-state index is -3.90. The van der Waals surface area contributed by atoms with Crippen molar-refractivity contribution in [2.45, 2.75) is 18.8 Å². The Kier molecular flexibility index (Phi) is 2.48. The molecule has 1 heterocycles. The van der Waals surface area contributed by atoms with Crippen LogP contribution in [0.2, 0.25) is 0 Å². The first-order valence-corrected chi connectivity index (χ1v) is 8.14. The van der Waals surface area contributed by atoms with Gasteiger partial charge in [-0.3, -0.25) is 4.79 Å². The van der Waals surface area contributed by atoms with E-state index in [1.807, 2.05) is 5.32 Å². The molecule has 0 saturated carbocycles. The Bertz CT molecular complexity index is 1720. The summed E-state index contributed by atoms with van der Waals surface area (Å²) >= 11 is 0.544. The maximum absolute atomic E-state index is 12.8. The summed E-state index contributed by atoms with van der Waals surface area (Å²) in [5.74, 6) is -1.61. The summed E-state index contributed by atoms with van der Waals surface area (Å²) in [4.78, 5) is 16.4. The van der Waals surface area contributed by atoms with E-state index in [0.29, 0.717) is 11.3 Å². The van der Waals surface area contributed by atoms with Crippen LogP contribution in [0.15, 0.2) is 59.7 Å². The summed E-state index contributed by atoms with van der Waals surface area (Å²) in [6, 6.07) is -10.6. The van der Waals surface area contributed by atoms with E-state index in [-0.39, 0.29) is 5.13 Å². The quantitative estimate of drug-likeness (QED) is 0.431. The second-order valence-corrected chi connectivity index (χ2v) is 5.51. The Labute approximate surface area is 195 Å². The first kappa shape index (κ1) is 6.95. The number of thiazole rings is 1. The van der Waals surface area contributed by atoms with Gasteiger partial charge in [0.25, 0.3) is 0 Å². The van der Waals surface area contributed by atoms with Crippen LogP contribution in [0.5, 0.6) is 0 Å². The predicted octanol–water partition coefficient (Wildman–Crippen LogP) is 2.77. The molecule has 0 saturated heterocycles. The van der Waals surface area contributed by atoms with Crippen molar-refractivity contribution >= 4 is 28.1 Å². The van der Waals surface area contributed by atoms with E-state index in [9.17, 15) is 9.90 Å². The number of aromatic nitrogens is 1. The van der Waals surface area contributed by atoms with Crippen LogP contribution in [-0.2, 0) is 17.5 Å². The predicted molar refractivity (Wildman–Crippen MR) is 113 cm³/mol. The summed E-state index contributed by atoms with van der Waals surface area (Å²) < 4.78 is 154. The van der Waals surface area contributed by atoms with Gasteiger partial charge in [-0.2, -0.15) is 0 Å². The number of hydrogen-bond donors (Lipinski definition) is 4. The number of nitrogens with zero attached hydrogens (tertiary/aromatic N) is 1. The molecule has 3 rings (SSSR count). The van der Waals surface area contributed by atoms with E-state index in [4.69, 9.17) is 31.8 Å². The van der Waals surface area contributed by atoms with Crippen molar-refractivity contribution in [3.8, 4) is 0 Å². The van der Waals surface area contributed by atoms with E-state index in [1.165, 1.54) is 5.32 Å². The highest BCUT2D eigenvalue weighted by Crippen LogP contribution is 2.14. The molecule has 0 radical (unpaired) electrons. The summed E-state index contributed by atoms with van der Waals surface area (Å²) in [6.07, 6.45) is -10.7. The molecular formula is C21H24N4O2S. The minimum Gasteiger partial charge on any atom is -0.387 e.